The molecule has 1 aromatic heterocycles. The zero-order valence-electron chi connectivity index (χ0n) is 15.4. The number of carbonyl (C=O) groups is 2. The first-order valence-corrected chi connectivity index (χ1v) is 9.08. The Kier molecular flexibility index (Phi) is 6.72. The number of H-pyrrole nitrogens is 1. The van der Waals surface area contributed by atoms with Crippen molar-refractivity contribution < 1.29 is 24.2 Å². The van der Waals surface area contributed by atoms with Crippen LogP contribution >= 0.6 is 11.6 Å². The van der Waals surface area contributed by atoms with Gasteiger partial charge in [-0.25, -0.2) is 14.2 Å². The minimum atomic E-state index is -1.72. The largest absolute Gasteiger partial charge is 0.479 e. The lowest BCUT2D eigenvalue weighted by Gasteiger charge is -2.24. The maximum Gasteiger partial charge on any atom is 0.333 e. The summed E-state index contributed by atoms with van der Waals surface area (Å²) in [5, 5.41) is 29.6. The van der Waals surface area contributed by atoms with Crippen LogP contribution < -0.4 is 5.43 Å². The molecule has 156 valence electrons. The summed E-state index contributed by atoms with van der Waals surface area (Å²) in [6.45, 7) is -0.288. The lowest BCUT2D eigenvalue weighted by Crippen LogP contribution is -2.47. The van der Waals surface area contributed by atoms with Crippen molar-refractivity contribution in [3.8, 4) is 11.1 Å². The van der Waals surface area contributed by atoms with Gasteiger partial charge in [0, 0.05) is 17.1 Å². The second-order valence-electron chi connectivity index (χ2n) is 6.37. The minimum Gasteiger partial charge on any atom is -0.479 e. The van der Waals surface area contributed by atoms with Crippen molar-refractivity contribution in [1.29, 1.82) is 0 Å². The van der Waals surface area contributed by atoms with Gasteiger partial charge in [-0.3, -0.25) is 15.3 Å². The fourth-order valence-electron chi connectivity index (χ4n) is 2.68. The van der Waals surface area contributed by atoms with Crippen LogP contribution in [0.3, 0.4) is 0 Å². The Balaban J connectivity index is 1.76. The van der Waals surface area contributed by atoms with Crippen LogP contribution in [0.15, 0.2) is 48.7 Å². The highest BCUT2D eigenvalue weighted by atomic mass is 35.5. The van der Waals surface area contributed by atoms with E-state index in [1.54, 1.807) is 24.3 Å². The highest BCUT2D eigenvalue weighted by Crippen LogP contribution is 2.26. The number of benzene rings is 2. The molecule has 2 aromatic carbocycles. The molecule has 0 aliphatic rings. The van der Waals surface area contributed by atoms with Gasteiger partial charge in [0.05, 0.1) is 12.7 Å². The molecule has 0 bridgehead atoms. The monoisotopic (exact) mass is 433 g/mol. The molecule has 4 N–H and O–H groups in total. The zero-order chi connectivity index (χ0) is 21.7. The van der Waals surface area contributed by atoms with E-state index in [9.17, 15) is 19.1 Å². The highest BCUT2D eigenvalue weighted by Gasteiger charge is 2.21. The Morgan fingerprint density at radius 1 is 1.23 bits per heavy atom. The van der Waals surface area contributed by atoms with E-state index in [2.05, 4.69) is 20.8 Å². The number of hydrogen-bond acceptors (Lipinski definition) is 6. The molecule has 0 unspecified atom stereocenters. The fraction of sp³-hybridized carbons (Fsp3) is 0.158. The molecular formula is C19H17ClFN5O4. The van der Waals surface area contributed by atoms with E-state index in [-0.39, 0.29) is 18.8 Å². The number of aromatic nitrogens is 3. The maximum absolute atomic E-state index is 14.1. The van der Waals surface area contributed by atoms with Gasteiger partial charge in [-0.2, -0.15) is 0 Å². The first kappa shape index (κ1) is 21.4. The number of carboxylic acid groups (broad SMARTS) is 1. The number of aromatic amines is 1. The zero-order valence-corrected chi connectivity index (χ0v) is 16.2. The summed E-state index contributed by atoms with van der Waals surface area (Å²) in [7, 11) is 0. The van der Waals surface area contributed by atoms with E-state index in [0.29, 0.717) is 21.7 Å². The Morgan fingerprint density at radius 3 is 2.60 bits per heavy atom. The number of nitrogens with zero attached hydrogens (tertiary/aromatic N) is 3. The van der Waals surface area contributed by atoms with Gasteiger partial charge < -0.3 is 10.2 Å². The van der Waals surface area contributed by atoms with Crippen LogP contribution in [-0.2, 0) is 11.3 Å². The molecule has 0 fully saturated rings. The Morgan fingerprint density at radius 2 is 1.97 bits per heavy atom. The van der Waals surface area contributed by atoms with Crippen molar-refractivity contribution in [1.82, 2.24) is 25.8 Å². The Hall–Kier alpha value is -3.34. The van der Waals surface area contributed by atoms with Gasteiger partial charge in [-0.1, -0.05) is 41.1 Å². The number of hydrazine groups is 1. The lowest BCUT2D eigenvalue weighted by molar-refractivity contribution is -0.148. The predicted octanol–water partition coefficient (Wildman–Crippen LogP) is 1.86. The van der Waals surface area contributed by atoms with E-state index in [0.717, 1.165) is 0 Å². The molecule has 3 rings (SSSR count). The van der Waals surface area contributed by atoms with Crippen molar-refractivity contribution in [3.63, 3.8) is 0 Å². The van der Waals surface area contributed by atoms with Crippen molar-refractivity contribution in [2.24, 2.45) is 0 Å². The third-order valence-corrected chi connectivity index (χ3v) is 4.40. The quantitative estimate of drug-likeness (QED) is 0.399. The van der Waals surface area contributed by atoms with E-state index in [4.69, 9.17) is 16.7 Å². The van der Waals surface area contributed by atoms with Crippen LogP contribution in [0.2, 0.25) is 5.02 Å². The van der Waals surface area contributed by atoms with Gasteiger partial charge in [-0.05, 0) is 29.3 Å². The lowest BCUT2D eigenvalue weighted by atomic mass is 10.0. The molecule has 0 saturated carbocycles. The number of halogens is 2. The predicted molar refractivity (Wildman–Crippen MR) is 105 cm³/mol. The number of aliphatic hydroxyl groups excluding tert-OH is 1. The second kappa shape index (κ2) is 9.44. The van der Waals surface area contributed by atoms with Gasteiger partial charge in [0.25, 0.3) is 5.91 Å². The average Bonchev–Trinajstić information content (AvgIpc) is 3.25. The maximum atomic E-state index is 14.1. The van der Waals surface area contributed by atoms with E-state index in [1.165, 1.54) is 29.4 Å². The van der Waals surface area contributed by atoms with Crippen molar-refractivity contribution >= 4 is 23.5 Å². The number of amides is 1. The van der Waals surface area contributed by atoms with E-state index < -0.39 is 23.8 Å². The number of carbonyl (C=O) groups excluding carboxylic acids is 1. The Labute approximate surface area is 175 Å². The fourth-order valence-corrected chi connectivity index (χ4v) is 2.85. The number of aliphatic carboxylic acids is 1. The summed E-state index contributed by atoms with van der Waals surface area (Å²) in [4.78, 5) is 23.2. The average molecular weight is 434 g/mol. The standard InChI is InChI=1S/C19H17ClFN5O4/c20-13-5-6-15(21)14(7-13)12-3-1-11(2-4-12)9-26(10-17(27)19(29)30)24-18(28)16-8-22-25-23-16/h1-8,17,27H,9-10H2,(H,24,28)(H,29,30)(H,22,23,25)/t17-/m1/s1. The molecule has 30 heavy (non-hydrogen) atoms. The summed E-state index contributed by atoms with van der Waals surface area (Å²) in [6, 6.07) is 11.0. The summed E-state index contributed by atoms with van der Waals surface area (Å²) in [5.74, 6) is -2.45. The molecular weight excluding hydrogens is 417 g/mol. The van der Waals surface area contributed by atoms with Crippen LogP contribution in [0.25, 0.3) is 11.1 Å². The third-order valence-electron chi connectivity index (χ3n) is 4.16. The number of nitrogens with one attached hydrogen (secondary N) is 2. The van der Waals surface area contributed by atoms with Crippen molar-refractivity contribution in [3.05, 3.63) is 70.8 Å². The summed E-state index contributed by atoms with van der Waals surface area (Å²) >= 11 is 5.93. The van der Waals surface area contributed by atoms with Crippen LogP contribution in [0.1, 0.15) is 16.1 Å². The molecule has 0 aliphatic heterocycles. The number of hydrogen-bond donors (Lipinski definition) is 4. The molecule has 0 aliphatic carbocycles. The van der Waals surface area contributed by atoms with Crippen LogP contribution in [0, 0.1) is 5.82 Å². The van der Waals surface area contributed by atoms with Crippen LogP contribution in [-0.4, -0.2) is 55.2 Å². The van der Waals surface area contributed by atoms with Gasteiger partial charge in [0.1, 0.15) is 11.5 Å². The van der Waals surface area contributed by atoms with Crippen molar-refractivity contribution in [2.45, 2.75) is 12.6 Å². The van der Waals surface area contributed by atoms with Gasteiger partial charge >= 0.3 is 5.97 Å². The van der Waals surface area contributed by atoms with Crippen LogP contribution in [0.4, 0.5) is 4.39 Å². The van der Waals surface area contributed by atoms with Gasteiger partial charge in [0.15, 0.2) is 6.10 Å². The Bertz CT molecular complexity index is 1030. The van der Waals surface area contributed by atoms with Gasteiger partial charge in [-0.15, -0.1) is 5.10 Å². The summed E-state index contributed by atoms with van der Waals surface area (Å²) in [6.07, 6.45) is -0.514. The highest BCUT2D eigenvalue weighted by molar-refractivity contribution is 6.30. The first-order valence-electron chi connectivity index (χ1n) is 8.70. The normalized spacial score (nSPS) is 12.0. The van der Waals surface area contributed by atoms with Gasteiger partial charge in [0.2, 0.25) is 0 Å². The summed E-state index contributed by atoms with van der Waals surface area (Å²) in [5.41, 5.74) is 4.19. The molecule has 1 heterocycles. The smallest absolute Gasteiger partial charge is 0.333 e. The number of rotatable bonds is 8. The first-order chi connectivity index (χ1) is 14.3. The molecule has 11 heteroatoms. The molecule has 1 atom stereocenters. The second-order valence-corrected chi connectivity index (χ2v) is 6.80. The SMILES string of the molecule is O=C(NN(Cc1ccc(-c2cc(Cl)ccc2F)cc1)C[C@@H](O)C(=O)O)c1cnn[nH]1. The molecule has 0 radical (unpaired) electrons. The molecule has 0 saturated heterocycles. The van der Waals surface area contributed by atoms with E-state index >= 15 is 0 Å². The molecule has 9 nitrogen and oxygen atoms in total. The number of carboxylic acids is 1. The topological polar surface area (TPSA) is 131 Å². The third kappa shape index (κ3) is 5.38. The van der Waals surface area contributed by atoms with Crippen LogP contribution in [0.5, 0.6) is 0 Å². The van der Waals surface area contributed by atoms with E-state index in [1.807, 2.05) is 0 Å². The van der Waals surface area contributed by atoms with Crippen molar-refractivity contribution in [2.75, 3.05) is 6.54 Å². The molecule has 3 aromatic rings. The molecule has 1 amide bonds. The molecule has 0 spiro atoms. The summed E-state index contributed by atoms with van der Waals surface area (Å²) < 4.78 is 14.1. The number of aliphatic hydroxyl groups is 1. The minimum absolute atomic E-state index is 0.0663.